The quantitative estimate of drug-likeness (QED) is 0.763. The Labute approximate surface area is 162 Å². The summed E-state index contributed by atoms with van der Waals surface area (Å²) < 4.78 is 5.12. The molecule has 2 N–H and O–H groups in total. The predicted molar refractivity (Wildman–Crippen MR) is 101 cm³/mol. The zero-order valence-corrected chi connectivity index (χ0v) is 15.5. The summed E-state index contributed by atoms with van der Waals surface area (Å²) in [5, 5.41) is 12.0. The number of carboxylic acids is 1. The molecule has 0 aromatic heterocycles. The maximum absolute atomic E-state index is 12.6. The van der Waals surface area contributed by atoms with Gasteiger partial charge in [0.05, 0.1) is 13.0 Å². The lowest BCUT2D eigenvalue weighted by Crippen LogP contribution is -2.38. The molecular formula is C21H22N2O5. The van der Waals surface area contributed by atoms with Gasteiger partial charge in [-0.1, -0.05) is 42.5 Å². The van der Waals surface area contributed by atoms with E-state index in [1.54, 1.807) is 42.3 Å². The van der Waals surface area contributed by atoms with Gasteiger partial charge >= 0.3 is 5.97 Å². The minimum absolute atomic E-state index is 0.0725. The first-order valence-corrected chi connectivity index (χ1v) is 8.96. The molecule has 0 spiro atoms. The van der Waals surface area contributed by atoms with Crippen LogP contribution in [0.5, 0.6) is 5.75 Å². The van der Waals surface area contributed by atoms with E-state index in [-0.39, 0.29) is 18.9 Å². The van der Waals surface area contributed by atoms with Gasteiger partial charge in [-0.25, -0.2) is 4.79 Å². The molecule has 2 unspecified atom stereocenters. The molecule has 1 aliphatic heterocycles. The lowest BCUT2D eigenvalue weighted by atomic mass is 10.0. The molecule has 2 aromatic rings. The van der Waals surface area contributed by atoms with Crippen LogP contribution in [0.1, 0.15) is 23.6 Å². The largest absolute Gasteiger partial charge is 0.497 e. The summed E-state index contributed by atoms with van der Waals surface area (Å²) in [7, 11) is 1.59. The van der Waals surface area contributed by atoms with E-state index in [4.69, 9.17) is 4.74 Å². The number of methoxy groups -OCH3 is 1. The number of carbonyl (C=O) groups is 3. The van der Waals surface area contributed by atoms with Gasteiger partial charge in [-0.2, -0.15) is 0 Å². The first-order chi connectivity index (χ1) is 13.5. The monoisotopic (exact) mass is 382 g/mol. The second kappa shape index (κ2) is 8.56. The Morgan fingerprint density at radius 2 is 1.86 bits per heavy atom. The van der Waals surface area contributed by atoms with Crippen molar-refractivity contribution in [3.8, 4) is 5.75 Å². The minimum Gasteiger partial charge on any atom is -0.497 e. The molecule has 1 fully saturated rings. The Hall–Kier alpha value is -3.35. The smallest absolute Gasteiger partial charge is 0.330 e. The minimum atomic E-state index is -1.14. The van der Waals surface area contributed by atoms with Crippen LogP contribution in [0.15, 0.2) is 54.6 Å². The lowest BCUT2D eigenvalue weighted by Gasteiger charge is -2.19. The van der Waals surface area contributed by atoms with E-state index in [1.165, 1.54) is 0 Å². The topological polar surface area (TPSA) is 95.9 Å². The summed E-state index contributed by atoms with van der Waals surface area (Å²) in [5.41, 5.74) is 1.42. The fourth-order valence-electron chi connectivity index (χ4n) is 3.25. The molecule has 7 nitrogen and oxygen atoms in total. The van der Waals surface area contributed by atoms with Gasteiger partial charge in [0.15, 0.2) is 6.04 Å². The number of carboxylic acid groups (broad SMARTS) is 1. The third-order valence-electron chi connectivity index (χ3n) is 4.78. The third-order valence-corrected chi connectivity index (χ3v) is 4.78. The molecule has 0 bridgehead atoms. The number of amides is 2. The lowest BCUT2D eigenvalue weighted by molar-refractivity contribution is -0.142. The van der Waals surface area contributed by atoms with Crippen LogP contribution in [-0.4, -0.2) is 41.4 Å². The molecule has 2 atom stereocenters. The van der Waals surface area contributed by atoms with Gasteiger partial charge in [0.1, 0.15) is 5.75 Å². The molecule has 146 valence electrons. The summed E-state index contributed by atoms with van der Waals surface area (Å²) in [4.78, 5) is 38.1. The Morgan fingerprint density at radius 1 is 1.18 bits per heavy atom. The standard InChI is InChI=1S/C21H22N2O5/c1-28-17-9-7-14(8-10-17)12-23-13-16(11-18(23)24)20(25)22-19(21(26)27)15-5-3-2-4-6-15/h2-10,16,19H,11-13H2,1H3,(H,22,25)(H,26,27). The van der Waals surface area contributed by atoms with Crippen molar-refractivity contribution in [2.45, 2.75) is 19.0 Å². The van der Waals surface area contributed by atoms with Gasteiger partial charge in [0, 0.05) is 19.5 Å². The normalized spacial score (nSPS) is 17.2. The third kappa shape index (κ3) is 4.49. The van der Waals surface area contributed by atoms with Crippen LogP contribution in [0, 0.1) is 5.92 Å². The number of hydrogen-bond donors (Lipinski definition) is 2. The van der Waals surface area contributed by atoms with Gasteiger partial charge in [-0.15, -0.1) is 0 Å². The average Bonchev–Trinajstić information content (AvgIpc) is 3.07. The van der Waals surface area contributed by atoms with E-state index < -0.39 is 23.8 Å². The number of nitrogens with one attached hydrogen (secondary N) is 1. The second-order valence-corrected chi connectivity index (χ2v) is 6.71. The number of carbonyl (C=O) groups excluding carboxylic acids is 2. The molecule has 1 saturated heterocycles. The highest BCUT2D eigenvalue weighted by Gasteiger charge is 2.36. The number of hydrogen-bond acceptors (Lipinski definition) is 4. The van der Waals surface area contributed by atoms with Crippen molar-refractivity contribution >= 4 is 17.8 Å². The van der Waals surface area contributed by atoms with Crippen molar-refractivity contribution in [2.24, 2.45) is 5.92 Å². The number of nitrogens with zero attached hydrogens (tertiary/aromatic N) is 1. The number of benzene rings is 2. The van der Waals surface area contributed by atoms with Gasteiger partial charge in [0.25, 0.3) is 0 Å². The Kier molecular flexibility index (Phi) is 5.93. The van der Waals surface area contributed by atoms with Crippen LogP contribution in [-0.2, 0) is 20.9 Å². The molecule has 2 amide bonds. The zero-order valence-electron chi connectivity index (χ0n) is 15.5. The van der Waals surface area contributed by atoms with Crippen molar-refractivity contribution in [2.75, 3.05) is 13.7 Å². The molecule has 2 aromatic carbocycles. The molecule has 0 aliphatic carbocycles. The van der Waals surface area contributed by atoms with Gasteiger partial charge < -0.3 is 20.1 Å². The number of likely N-dealkylation sites (tertiary alicyclic amines) is 1. The van der Waals surface area contributed by atoms with E-state index in [2.05, 4.69) is 5.32 Å². The summed E-state index contributed by atoms with van der Waals surface area (Å²) in [6.07, 6.45) is 0.0725. The van der Waals surface area contributed by atoms with Crippen molar-refractivity contribution < 1.29 is 24.2 Å². The van der Waals surface area contributed by atoms with Gasteiger partial charge in [0.2, 0.25) is 11.8 Å². The molecule has 1 heterocycles. The highest BCUT2D eigenvalue weighted by Crippen LogP contribution is 2.23. The first kappa shape index (κ1) is 19.4. The predicted octanol–water partition coefficient (Wildman–Crippen LogP) is 1.99. The Bertz CT molecular complexity index is 851. The highest BCUT2D eigenvalue weighted by molar-refractivity contribution is 5.91. The fraction of sp³-hybridized carbons (Fsp3) is 0.286. The summed E-state index contributed by atoms with van der Waals surface area (Å²) in [6.45, 7) is 0.658. The summed E-state index contributed by atoms with van der Waals surface area (Å²) in [6, 6.07) is 14.7. The fourth-order valence-corrected chi connectivity index (χ4v) is 3.25. The molecule has 3 rings (SSSR count). The average molecular weight is 382 g/mol. The van der Waals surface area contributed by atoms with Crippen molar-refractivity contribution in [3.63, 3.8) is 0 Å². The molecule has 0 saturated carbocycles. The zero-order chi connectivity index (χ0) is 20.1. The van der Waals surface area contributed by atoms with Crippen LogP contribution in [0.2, 0.25) is 0 Å². The van der Waals surface area contributed by atoms with Crippen molar-refractivity contribution in [3.05, 3.63) is 65.7 Å². The van der Waals surface area contributed by atoms with E-state index in [0.29, 0.717) is 12.1 Å². The number of rotatable bonds is 7. The second-order valence-electron chi connectivity index (χ2n) is 6.71. The molecule has 1 aliphatic rings. The number of ether oxygens (including phenoxy) is 1. The highest BCUT2D eigenvalue weighted by atomic mass is 16.5. The summed E-state index contributed by atoms with van der Waals surface area (Å²) >= 11 is 0. The molecule has 7 heteroatoms. The van der Waals surface area contributed by atoms with Crippen molar-refractivity contribution in [1.29, 1.82) is 0 Å². The Balaban J connectivity index is 1.63. The Morgan fingerprint density at radius 3 is 2.46 bits per heavy atom. The van der Waals surface area contributed by atoms with E-state index in [0.717, 1.165) is 11.3 Å². The number of aliphatic carboxylic acids is 1. The SMILES string of the molecule is COc1ccc(CN2CC(C(=O)NC(C(=O)O)c3ccccc3)CC2=O)cc1. The van der Waals surface area contributed by atoms with Crippen LogP contribution in [0.4, 0.5) is 0 Å². The molecule has 0 radical (unpaired) electrons. The van der Waals surface area contributed by atoms with Crippen LogP contribution >= 0.6 is 0 Å². The van der Waals surface area contributed by atoms with E-state index >= 15 is 0 Å². The summed E-state index contributed by atoms with van der Waals surface area (Å²) in [5.74, 6) is -1.53. The maximum atomic E-state index is 12.6. The van der Waals surface area contributed by atoms with Crippen LogP contribution in [0.3, 0.4) is 0 Å². The van der Waals surface area contributed by atoms with Gasteiger partial charge in [-0.3, -0.25) is 9.59 Å². The molecular weight excluding hydrogens is 360 g/mol. The van der Waals surface area contributed by atoms with Crippen LogP contribution < -0.4 is 10.1 Å². The van der Waals surface area contributed by atoms with E-state index in [1.807, 2.05) is 24.3 Å². The van der Waals surface area contributed by atoms with Gasteiger partial charge in [-0.05, 0) is 23.3 Å². The first-order valence-electron chi connectivity index (χ1n) is 8.96. The van der Waals surface area contributed by atoms with E-state index in [9.17, 15) is 19.5 Å². The van der Waals surface area contributed by atoms with Crippen LogP contribution in [0.25, 0.3) is 0 Å². The maximum Gasteiger partial charge on any atom is 0.330 e. The molecule has 28 heavy (non-hydrogen) atoms. The van der Waals surface area contributed by atoms with Crippen molar-refractivity contribution in [1.82, 2.24) is 10.2 Å².